The molecular weight excluding hydrogens is 214 g/mol. The third-order valence-electron chi connectivity index (χ3n) is 2.34. The second-order valence-corrected chi connectivity index (χ2v) is 3.52. The normalized spacial score (nSPS) is 11.5. The second kappa shape index (κ2) is 5.03. The van der Waals surface area contributed by atoms with Crippen LogP contribution in [-0.4, -0.2) is 15.0 Å². The highest BCUT2D eigenvalue weighted by atomic mass is 15.0. The first kappa shape index (κ1) is 11.0. The minimum absolute atomic E-state index is 0.0208. The smallest absolute Gasteiger partial charge is 0.182 e. The topological polar surface area (TPSA) is 74.5 Å². The monoisotopic (exact) mass is 225 g/mol. The first-order valence-corrected chi connectivity index (χ1v) is 5.19. The van der Waals surface area contributed by atoms with E-state index in [0.29, 0.717) is 11.5 Å². The van der Waals surface area contributed by atoms with E-state index in [1.54, 1.807) is 18.6 Å². The van der Waals surface area contributed by atoms with Gasteiger partial charge in [-0.1, -0.05) is 6.07 Å². The van der Waals surface area contributed by atoms with Crippen LogP contribution >= 0.6 is 0 Å². The van der Waals surface area contributed by atoms with Crippen molar-refractivity contribution < 1.29 is 0 Å². The van der Waals surface area contributed by atoms with Gasteiger partial charge in [0.1, 0.15) is 6.07 Å². The maximum Gasteiger partial charge on any atom is 0.182 e. The lowest BCUT2D eigenvalue weighted by Gasteiger charge is -2.14. The molecule has 0 saturated carbocycles. The molecule has 0 fully saturated rings. The first-order valence-electron chi connectivity index (χ1n) is 5.19. The van der Waals surface area contributed by atoms with E-state index in [-0.39, 0.29) is 6.04 Å². The zero-order valence-electron chi connectivity index (χ0n) is 9.33. The number of hydrogen-bond donors (Lipinski definition) is 1. The molecule has 2 aromatic heterocycles. The van der Waals surface area contributed by atoms with Gasteiger partial charge in [-0.2, -0.15) is 5.26 Å². The van der Waals surface area contributed by atoms with Crippen LogP contribution in [0, 0.1) is 11.3 Å². The van der Waals surface area contributed by atoms with E-state index < -0.39 is 0 Å². The van der Waals surface area contributed by atoms with Crippen molar-refractivity contribution in [1.82, 2.24) is 15.0 Å². The number of nitriles is 1. The van der Waals surface area contributed by atoms with Gasteiger partial charge in [0.2, 0.25) is 0 Å². The third kappa shape index (κ3) is 2.55. The van der Waals surface area contributed by atoms with Crippen LogP contribution in [-0.2, 0) is 0 Å². The summed E-state index contributed by atoms with van der Waals surface area (Å²) in [7, 11) is 0. The molecule has 0 aliphatic heterocycles. The molecule has 2 heterocycles. The standard InChI is InChI=1S/C12H11N5/c1-9(10-3-2-4-14-8-10)17-12-11(7-13)15-5-6-16-12/h2-6,8-9H,1H3,(H,16,17). The Labute approximate surface area is 99.2 Å². The summed E-state index contributed by atoms with van der Waals surface area (Å²) >= 11 is 0. The van der Waals surface area contributed by atoms with E-state index in [2.05, 4.69) is 20.3 Å². The average Bonchev–Trinajstić information content (AvgIpc) is 2.40. The number of hydrogen-bond acceptors (Lipinski definition) is 5. The van der Waals surface area contributed by atoms with Crippen molar-refractivity contribution in [2.45, 2.75) is 13.0 Å². The predicted molar refractivity (Wildman–Crippen MR) is 63.0 cm³/mol. The van der Waals surface area contributed by atoms with E-state index in [1.807, 2.05) is 25.1 Å². The molecule has 0 aliphatic carbocycles. The molecule has 2 rings (SSSR count). The van der Waals surface area contributed by atoms with E-state index in [1.165, 1.54) is 6.20 Å². The van der Waals surface area contributed by atoms with Gasteiger partial charge in [0.25, 0.3) is 0 Å². The lowest BCUT2D eigenvalue weighted by Crippen LogP contribution is -2.10. The number of nitrogens with zero attached hydrogens (tertiary/aromatic N) is 4. The highest BCUT2D eigenvalue weighted by Crippen LogP contribution is 2.17. The van der Waals surface area contributed by atoms with Crippen molar-refractivity contribution in [3.05, 3.63) is 48.2 Å². The van der Waals surface area contributed by atoms with Crippen molar-refractivity contribution in [3.8, 4) is 6.07 Å². The molecule has 0 aromatic carbocycles. The second-order valence-electron chi connectivity index (χ2n) is 3.52. The van der Waals surface area contributed by atoms with Crippen molar-refractivity contribution in [2.75, 3.05) is 5.32 Å². The zero-order valence-corrected chi connectivity index (χ0v) is 9.33. The molecule has 17 heavy (non-hydrogen) atoms. The quantitative estimate of drug-likeness (QED) is 0.863. The molecule has 0 radical (unpaired) electrons. The summed E-state index contributed by atoms with van der Waals surface area (Å²) in [4.78, 5) is 12.1. The summed E-state index contributed by atoms with van der Waals surface area (Å²) in [6.45, 7) is 1.98. The van der Waals surface area contributed by atoms with Gasteiger partial charge >= 0.3 is 0 Å². The molecule has 0 saturated heterocycles. The molecule has 5 heteroatoms. The van der Waals surface area contributed by atoms with Crippen LogP contribution in [0.3, 0.4) is 0 Å². The molecule has 5 nitrogen and oxygen atoms in total. The van der Waals surface area contributed by atoms with Crippen LogP contribution < -0.4 is 5.32 Å². The fourth-order valence-corrected chi connectivity index (χ4v) is 1.45. The molecule has 1 unspecified atom stereocenters. The average molecular weight is 225 g/mol. The molecule has 1 N–H and O–H groups in total. The molecule has 0 amide bonds. The number of anilines is 1. The Bertz CT molecular complexity index is 532. The van der Waals surface area contributed by atoms with Gasteiger partial charge in [0.15, 0.2) is 11.5 Å². The molecule has 1 atom stereocenters. The number of aromatic nitrogens is 3. The maximum atomic E-state index is 8.90. The first-order chi connectivity index (χ1) is 8.31. The molecule has 84 valence electrons. The minimum atomic E-state index is 0.0208. The van der Waals surface area contributed by atoms with Crippen molar-refractivity contribution in [3.63, 3.8) is 0 Å². The van der Waals surface area contributed by atoms with E-state index in [0.717, 1.165) is 5.56 Å². The van der Waals surface area contributed by atoms with E-state index >= 15 is 0 Å². The minimum Gasteiger partial charge on any atom is -0.361 e. The fraction of sp³-hybridized carbons (Fsp3) is 0.167. The Balaban J connectivity index is 2.19. The van der Waals surface area contributed by atoms with Crippen LogP contribution in [0.1, 0.15) is 24.2 Å². The van der Waals surface area contributed by atoms with E-state index in [4.69, 9.17) is 5.26 Å². The third-order valence-corrected chi connectivity index (χ3v) is 2.34. The van der Waals surface area contributed by atoms with Gasteiger partial charge in [0, 0.05) is 24.8 Å². The van der Waals surface area contributed by atoms with Crippen LogP contribution in [0.5, 0.6) is 0 Å². The van der Waals surface area contributed by atoms with Crippen LogP contribution in [0.4, 0.5) is 5.82 Å². The summed E-state index contributed by atoms with van der Waals surface area (Å²) in [6, 6.07) is 5.86. The number of pyridine rings is 1. The molecule has 0 bridgehead atoms. The Hall–Kier alpha value is -2.48. The van der Waals surface area contributed by atoms with Crippen LogP contribution in [0.25, 0.3) is 0 Å². The lowest BCUT2D eigenvalue weighted by molar-refractivity contribution is 0.861. The Morgan fingerprint density at radius 3 is 2.82 bits per heavy atom. The van der Waals surface area contributed by atoms with Crippen molar-refractivity contribution in [1.29, 1.82) is 5.26 Å². The summed E-state index contributed by atoms with van der Waals surface area (Å²) in [5.41, 5.74) is 1.32. The van der Waals surface area contributed by atoms with E-state index in [9.17, 15) is 0 Å². The summed E-state index contributed by atoms with van der Waals surface area (Å²) in [5, 5.41) is 12.0. The van der Waals surface area contributed by atoms with Gasteiger partial charge in [-0.15, -0.1) is 0 Å². The zero-order chi connectivity index (χ0) is 12.1. The van der Waals surface area contributed by atoms with Gasteiger partial charge < -0.3 is 5.32 Å². The molecule has 0 aliphatic rings. The van der Waals surface area contributed by atoms with Crippen LogP contribution in [0.2, 0.25) is 0 Å². The maximum absolute atomic E-state index is 8.90. The highest BCUT2D eigenvalue weighted by Gasteiger charge is 2.09. The number of nitrogens with one attached hydrogen (secondary N) is 1. The summed E-state index contributed by atoms with van der Waals surface area (Å²) in [5.74, 6) is 0.492. The Morgan fingerprint density at radius 2 is 2.12 bits per heavy atom. The lowest BCUT2D eigenvalue weighted by atomic mass is 10.1. The predicted octanol–water partition coefficient (Wildman–Crippen LogP) is 1.92. The van der Waals surface area contributed by atoms with Gasteiger partial charge in [-0.3, -0.25) is 4.98 Å². The summed E-state index contributed by atoms with van der Waals surface area (Å²) < 4.78 is 0. The SMILES string of the molecule is CC(Nc1nccnc1C#N)c1cccnc1. The largest absolute Gasteiger partial charge is 0.361 e. The number of rotatable bonds is 3. The Kier molecular flexibility index (Phi) is 3.26. The summed E-state index contributed by atoms with van der Waals surface area (Å²) in [6.07, 6.45) is 6.55. The fourth-order valence-electron chi connectivity index (χ4n) is 1.45. The molecular formula is C12H11N5. The molecule has 2 aromatic rings. The van der Waals surface area contributed by atoms with Crippen LogP contribution in [0.15, 0.2) is 36.9 Å². The highest BCUT2D eigenvalue weighted by molar-refractivity contribution is 5.48. The van der Waals surface area contributed by atoms with Gasteiger partial charge in [-0.05, 0) is 18.6 Å². The van der Waals surface area contributed by atoms with Gasteiger partial charge in [0.05, 0.1) is 6.04 Å². The molecule has 0 spiro atoms. The van der Waals surface area contributed by atoms with Crippen molar-refractivity contribution >= 4 is 5.82 Å². The van der Waals surface area contributed by atoms with Gasteiger partial charge in [-0.25, -0.2) is 9.97 Å². The van der Waals surface area contributed by atoms with Crippen molar-refractivity contribution in [2.24, 2.45) is 0 Å². The Morgan fingerprint density at radius 1 is 1.29 bits per heavy atom.